The predicted molar refractivity (Wildman–Crippen MR) is 128 cm³/mol. The molecule has 3 heterocycles. The minimum absolute atomic E-state index is 0.109. The summed E-state index contributed by atoms with van der Waals surface area (Å²) in [4.78, 5) is 32.7. The lowest BCUT2D eigenvalue weighted by molar-refractivity contribution is 0.0663. The van der Waals surface area contributed by atoms with E-state index in [1.807, 2.05) is 19.1 Å². The summed E-state index contributed by atoms with van der Waals surface area (Å²) < 4.78 is 25.9. The van der Waals surface area contributed by atoms with Gasteiger partial charge in [-0.2, -0.15) is 0 Å². The van der Waals surface area contributed by atoms with E-state index < -0.39 is 12.5 Å². The molecular formula is C26H24F2N6O. The van der Waals surface area contributed by atoms with Crippen LogP contribution in [0.2, 0.25) is 0 Å². The third kappa shape index (κ3) is 4.41. The molecule has 0 saturated heterocycles. The van der Waals surface area contributed by atoms with Crippen LogP contribution in [0.25, 0.3) is 10.9 Å². The average molecular weight is 475 g/mol. The molecule has 1 atom stereocenters. The summed E-state index contributed by atoms with van der Waals surface area (Å²) in [5.41, 5.74) is 9.94. The molecule has 35 heavy (non-hydrogen) atoms. The number of hydrogen-bond acceptors (Lipinski definition) is 6. The Hall–Kier alpha value is -4.01. The second-order valence-electron chi connectivity index (χ2n) is 8.64. The van der Waals surface area contributed by atoms with Crippen LogP contribution < -0.4 is 5.73 Å². The van der Waals surface area contributed by atoms with Crippen LogP contribution in [0.4, 0.5) is 14.6 Å². The van der Waals surface area contributed by atoms with E-state index in [-0.39, 0.29) is 18.0 Å². The van der Waals surface area contributed by atoms with Crippen molar-refractivity contribution in [1.82, 2.24) is 24.8 Å². The van der Waals surface area contributed by atoms with E-state index >= 15 is 0 Å². The van der Waals surface area contributed by atoms with Crippen LogP contribution in [0.15, 0.2) is 55.0 Å². The Balaban J connectivity index is 1.53. The molecule has 4 aromatic rings. The van der Waals surface area contributed by atoms with Crippen LogP contribution in [0.3, 0.4) is 0 Å². The smallest absolute Gasteiger partial charge is 0.265 e. The quantitative estimate of drug-likeness (QED) is 0.430. The summed E-state index contributed by atoms with van der Waals surface area (Å²) in [6.45, 7) is 1.94. The lowest BCUT2D eigenvalue weighted by atomic mass is 10.0. The zero-order valence-corrected chi connectivity index (χ0v) is 19.2. The molecule has 0 radical (unpaired) electrons. The van der Waals surface area contributed by atoms with Gasteiger partial charge in [-0.05, 0) is 73.7 Å². The van der Waals surface area contributed by atoms with Crippen molar-refractivity contribution < 1.29 is 13.6 Å². The number of hydrogen-bond donors (Lipinski definition) is 1. The molecule has 0 aliphatic heterocycles. The van der Waals surface area contributed by atoms with Crippen LogP contribution in [0.5, 0.6) is 0 Å². The van der Waals surface area contributed by atoms with Crippen LogP contribution in [0, 0.1) is 0 Å². The summed E-state index contributed by atoms with van der Waals surface area (Å²) in [6.07, 6.45) is 4.56. The van der Waals surface area contributed by atoms with Gasteiger partial charge < -0.3 is 10.6 Å². The molecule has 0 unspecified atom stereocenters. The summed E-state index contributed by atoms with van der Waals surface area (Å²) in [7, 11) is 0. The largest absolute Gasteiger partial charge is 0.383 e. The average Bonchev–Trinajstić information content (AvgIpc) is 3.38. The molecule has 0 bridgehead atoms. The number of benzene rings is 1. The van der Waals surface area contributed by atoms with Gasteiger partial charge in [-0.3, -0.25) is 9.78 Å². The first-order valence-electron chi connectivity index (χ1n) is 11.4. The fraction of sp³-hybridized carbons (Fsp3) is 0.269. The predicted octanol–water partition coefficient (Wildman–Crippen LogP) is 4.83. The molecule has 5 rings (SSSR count). The Labute approximate surface area is 201 Å². The highest BCUT2D eigenvalue weighted by molar-refractivity contribution is 5.99. The van der Waals surface area contributed by atoms with E-state index in [9.17, 15) is 13.6 Å². The SMILES string of the molecule is C[C@H](c1ncccn1)N(Cc1ccc(C(F)F)cn1)C(=O)c1ccc2nc(N)c3c(c2c1)CCC3. The topological polar surface area (TPSA) is 97.9 Å². The fourth-order valence-corrected chi connectivity index (χ4v) is 4.58. The van der Waals surface area contributed by atoms with Crippen molar-refractivity contribution in [2.24, 2.45) is 0 Å². The number of anilines is 1. The molecule has 9 heteroatoms. The van der Waals surface area contributed by atoms with Crippen molar-refractivity contribution in [3.63, 3.8) is 0 Å². The zero-order chi connectivity index (χ0) is 24.5. The van der Waals surface area contributed by atoms with Crippen LogP contribution in [-0.2, 0) is 19.4 Å². The molecule has 1 aliphatic rings. The first-order chi connectivity index (χ1) is 16.9. The van der Waals surface area contributed by atoms with Crippen molar-refractivity contribution in [2.75, 3.05) is 5.73 Å². The Bertz CT molecular complexity index is 1380. The number of alkyl halides is 2. The van der Waals surface area contributed by atoms with Gasteiger partial charge in [-0.15, -0.1) is 0 Å². The van der Waals surface area contributed by atoms with Gasteiger partial charge in [0, 0.05) is 35.1 Å². The van der Waals surface area contributed by atoms with Gasteiger partial charge in [-0.1, -0.05) is 0 Å². The Morgan fingerprint density at radius 1 is 1.09 bits per heavy atom. The maximum absolute atomic E-state index is 13.8. The van der Waals surface area contributed by atoms with E-state index in [1.165, 1.54) is 12.1 Å². The number of fused-ring (bicyclic) bond motifs is 3. The first kappa shape index (κ1) is 22.8. The normalized spacial score (nSPS) is 13.7. The number of carbonyl (C=O) groups excluding carboxylic acids is 1. The number of halogens is 2. The van der Waals surface area contributed by atoms with Gasteiger partial charge in [0.2, 0.25) is 0 Å². The lowest BCUT2D eigenvalue weighted by Gasteiger charge is -2.28. The van der Waals surface area contributed by atoms with Crippen molar-refractivity contribution >= 4 is 22.6 Å². The van der Waals surface area contributed by atoms with Gasteiger partial charge in [0.05, 0.1) is 23.8 Å². The third-order valence-corrected chi connectivity index (χ3v) is 6.46. The Morgan fingerprint density at radius 3 is 2.57 bits per heavy atom. The zero-order valence-electron chi connectivity index (χ0n) is 19.2. The molecule has 7 nitrogen and oxygen atoms in total. The molecule has 0 saturated carbocycles. The molecule has 0 fully saturated rings. The van der Waals surface area contributed by atoms with Crippen LogP contribution >= 0.6 is 0 Å². The van der Waals surface area contributed by atoms with Crippen molar-refractivity contribution in [3.8, 4) is 0 Å². The number of aromatic nitrogens is 4. The minimum atomic E-state index is -2.60. The first-order valence-corrected chi connectivity index (χ1v) is 11.4. The number of nitrogen functional groups attached to an aromatic ring is 1. The van der Waals surface area contributed by atoms with Gasteiger partial charge in [0.25, 0.3) is 12.3 Å². The monoisotopic (exact) mass is 474 g/mol. The third-order valence-electron chi connectivity index (χ3n) is 6.46. The number of aryl methyl sites for hydroxylation is 1. The van der Waals surface area contributed by atoms with Crippen molar-refractivity contribution in [1.29, 1.82) is 0 Å². The Morgan fingerprint density at radius 2 is 1.86 bits per heavy atom. The number of carbonyl (C=O) groups is 1. The fourth-order valence-electron chi connectivity index (χ4n) is 4.58. The number of nitrogens with two attached hydrogens (primary N) is 1. The number of rotatable bonds is 6. The van der Waals surface area contributed by atoms with E-state index in [0.717, 1.165) is 47.5 Å². The summed E-state index contributed by atoms with van der Waals surface area (Å²) >= 11 is 0. The molecular weight excluding hydrogens is 450 g/mol. The highest BCUT2D eigenvalue weighted by Gasteiger charge is 2.27. The second kappa shape index (κ2) is 9.32. The molecule has 1 amide bonds. The highest BCUT2D eigenvalue weighted by atomic mass is 19.3. The molecule has 2 N–H and O–H groups in total. The number of pyridine rings is 2. The van der Waals surface area contributed by atoms with Gasteiger partial charge in [-0.25, -0.2) is 23.7 Å². The maximum atomic E-state index is 13.8. The van der Waals surface area contributed by atoms with Gasteiger partial charge in [0.15, 0.2) is 0 Å². The second-order valence-corrected chi connectivity index (χ2v) is 8.64. The summed E-state index contributed by atoms with van der Waals surface area (Å²) in [6, 6.07) is 9.48. The molecule has 1 aromatic carbocycles. The van der Waals surface area contributed by atoms with Crippen molar-refractivity contribution in [2.45, 2.75) is 45.2 Å². The maximum Gasteiger partial charge on any atom is 0.265 e. The molecule has 178 valence electrons. The van der Waals surface area contributed by atoms with E-state index in [4.69, 9.17) is 5.73 Å². The lowest BCUT2D eigenvalue weighted by Crippen LogP contribution is -2.34. The minimum Gasteiger partial charge on any atom is -0.383 e. The van der Waals surface area contributed by atoms with E-state index in [1.54, 1.807) is 29.4 Å². The standard InChI is InChI=1S/C26H24F2N6O/c1-15(25-30-10-3-11-31-25)34(14-18-8-6-17(13-32-18)23(27)28)26(35)16-7-9-22-21(12-16)19-4-2-5-20(19)24(29)33-22/h3,6-13,15,23H,2,4-5,14H2,1H3,(H2,29,33)/t15-/m1/s1. The van der Waals surface area contributed by atoms with Crippen LogP contribution in [0.1, 0.15) is 64.4 Å². The molecule has 3 aromatic heterocycles. The molecule has 1 aliphatic carbocycles. The Kier molecular flexibility index (Phi) is 6.07. The van der Waals surface area contributed by atoms with E-state index in [2.05, 4.69) is 19.9 Å². The van der Waals surface area contributed by atoms with Crippen LogP contribution in [-0.4, -0.2) is 30.7 Å². The van der Waals surface area contributed by atoms with Gasteiger partial charge >= 0.3 is 0 Å². The number of nitrogens with zero attached hydrogens (tertiary/aromatic N) is 5. The van der Waals surface area contributed by atoms with Gasteiger partial charge in [0.1, 0.15) is 11.6 Å². The molecule has 0 spiro atoms. The van der Waals surface area contributed by atoms with Crippen molar-refractivity contribution in [3.05, 3.63) is 88.8 Å². The summed E-state index contributed by atoms with van der Waals surface area (Å²) in [5, 5.41) is 0.931. The van der Waals surface area contributed by atoms with E-state index in [0.29, 0.717) is 22.9 Å². The highest BCUT2D eigenvalue weighted by Crippen LogP contribution is 2.33. The number of amides is 1. The summed E-state index contributed by atoms with van der Waals surface area (Å²) in [5.74, 6) is 0.787.